The predicted molar refractivity (Wildman–Crippen MR) is 73.9 cm³/mol. The molecule has 0 saturated heterocycles. The number of benzene rings is 2. The second kappa shape index (κ2) is 7.22. The summed E-state index contributed by atoms with van der Waals surface area (Å²) in [5.74, 6) is 0. The lowest BCUT2D eigenvalue weighted by Gasteiger charge is -2.06. The first kappa shape index (κ1) is 14.0. The Morgan fingerprint density at radius 3 is 1.30 bits per heavy atom. The number of azo groups is 2. The van der Waals surface area contributed by atoms with E-state index in [2.05, 4.69) is 20.5 Å². The van der Waals surface area contributed by atoms with E-state index < -0.39 is 12.5 Å². The van der Waals surface area contributed by atoms with Gasteiger partial charge in [-0.05, 0) is 24.3 Å². The third-order valence-corrected chi connectivity index (χ3v) is 2.36. The van der Waals surface area contributed by atoms with Crippen molar-refractivity contribution in [3.63, 3.8) is 0 Å². The maximum atomic E-state index is 9.59. The van der Waals surface area contributed by atoms with E-state index in [1.165, 1.54) is 0 Å². The van der Waals surface area contributed by atoms with Crippen molar-refractivity contribution in [3.05, 3.63) is 60.7 Å². The Hall–Kier alpha value is -2.44. The normalized spacial score (nSPS) is 14.7. The highest BCUT2D eigenvalue weighted by Gasteiger charge is 2.14. The fourth-order valence-electron chi connectivity index (χ4n) is 1.36. The van der Waals surface area contributed by atoms with Crippen LogP contribution in [0.4, 0.5) is 11.4 Å². The van der Waals surface area contributed by atoms with Crippen molar-refractivity contribution < 1.29 is 10.2 Å². The van der Waals surface area contributed by atoms with Crippen LogP contribution in [-0.2, 0) is 0 Å². The summed E-state index contributed by atoms with van der Waals surface area (Å²) in [6.45, 7) is 0. The van der Waals surface area contributed by atoms with Gasteiger partial charge in [-0.1, -0.05) is 36.4 Å². The molecular weight excluding hydrogens is 256 g/mol. The third kappa shape index (κ3) is 4.34. The molecule has 0 aliphatic rings. The van der Waals surface area contributed by atoms with Crippen molar-refractivity contribution >= 4 is 11.4 Å². The first-order valence-electron chi connectivity index (χ1n) is 6.03. The second-order valence-electron chi connectivity index (χ2n) is 3.93. The summed E-state index contributed by atoms with van der Waals surface area (Å²) in [5.41, 5.74) is 1.16. The summed E-state index contributed by atoms with van der Waals surface area (Å²) in [4.78, 5) is 0. The number of aliphatic hydroxyl groups excluding tert-OH is 2. The van der Waals surface area contributed by atoms with Gasteiger partial charge in [-0.15, -0.1) is 0 Å². The van der Waals surface area contributed by atoms with Crippen molar-refractivity contribution in [3.8, 4) is 0 Å². The minimum absolute atomic E-state index is 0.582. The van der Waals surface area contributed by atoms with Gasteiger partial charge in [0.05, 0.1) is 11.4 Å². The number of aliphatic hydroxyl groups is 2. The molecule has 0 spiro atoms. The molecule has 20 heavy (non-hydrogen) atoms. The minimum atomic E-state index is -1.46. The molecule has 0 amide bonds. The molecule has 2 N–H and O–H groups in total. The molecule has 0 heterocycles. The molecule has 2 aromatic rings. The topological polar surface area (TPSA) is 89.9 Å². The Bertz CT molecular complexity index is 519. The fourth-order valence-corrected chi connectivity index (χ4v) is 1.36. The van der Waals surface area contributed by atoms with E-state index in [0.717, 1.165) is 0 Å². The molecule has 2 aromatic carbocycles. The summed E-state index contributed by atoms with van der Waals surface area (Å²) < 4.78 is 0. The third-order valence-electron chi connectivity index (χ3n) is 2.36. The standard InChI is InChI=1S/C14H14N4O2/c19-13(17-15-11-7-3-1-4-8-11)14(20)18-16-12-9-5-2-6-10-12/h1-10,13-14,19-20H. The predicted octanol–water partition coefficient (Wildman–Crippen LogP) is 3.19. The van der Waals surface area contributed by atoms with Gasteiger partial charge in [-0.25, -0.2) is 0 Å². The van der Waals surface area contributed by atoms with Crippen molar-refractivity contribution in [1.29, 1.82) is 0 Å². The monoisotopic (exact) mass is 270 g/mol. The number of nitrogens with zero attached hydrogens (tertiary/aromatic N) is 4. The SMILES string of the molecule is OC(N=Nc1ccccc1)C(O)N=Nc1ccccc1. The van der Waals surface area contributed by atoms with Crippen LogP contribution in [0.3, 0.4) is 0 Å². The molecule has 2 atom stereocenters. The zero-order valence-electron chi connectivity index (χ0n) is 10.6. The largest absolute Gasteiger partial charge is 0.367 e. The van der Waals surface area contributed by atoms with Crippen LogP contribution in [0, 0.1) is 0 Å². The number of rotatable bonds is 5. The molecule has 0 saturated carbocycles. The van der Waals surface area contributed by atoms with Crippen LogP contribution < -0.4 is 0 Å². The maximum Gasteiger partial charge on any atom is 0.214 e. The van der Waals surface area contributed by atoms with Crippen LogP contribution in [-0.4, -0.2) is 22.7 Å². The summed E-state index contributed by atoms with van der Waals surface area (Å²) in [6, 6.07) is 17.8. The fraction of sp³-hybridized carbons (Fsp3) is 0.143. The second-order valence-corrected chi connectivity index (χ2v) is 3.93. The highest BCUT2D eigenvalue weighted by atomic mass is 16.4. The summed E-state index contributed by atoms with van der Waals surface area (Å²) in [7, 11) is 0. The van der Waals surface area contributed by atoms with Gasteiger partial charge in [0.1, 0.15) is 0 Å². The summed E-state index contributed by atoms with van der Waals surface area (Å²) >= 11 is 0. The summed E-state index contributed by atoms with van der Waals surface area (Å²) in [5, 5.41) is 33.9. The van der Waals surface area contributed by atoms with Crippen LogP contribution in [0.15, 0.2) is 81.1 Å². The van der Waals surface area contributed by atoms with Crippen LogP contribution in [0.25, 0.3) is 0 Å². The van der Waals surface area contributed by atoms with E-state index in [1.807, 2.05) is 12.1 Å². The van der Waals surface area contributed by atoms with E-state index in [9.17, 15) is 10.2 Å². The van der Waals surface area contributed by atoms with E-state index in [4.69, 9.17) is 0 Å². The average molecular weight is 270 g/mol. The molecular formula is C14H14N4O2. The van der Waals surface area contributed by atoms with Gasteiger partial charge in [0.2, 0.25) is 12.5 Å². The molecule has 0 aromatic heterocycles. The molecule has 0 aliphatic carbocycles. The first-order valence-corrected chi connectivity index (χ1v) is 6.03. The van der Waals surface area contributed by atoms with E-state index >= 15 is 0 Å². The lowest BCUT2D eigenvalue weighted by Crippen LogP contribution is -2.20. The Balaban J connectivity index is 1.94. The molecule has 6 nitrogen and oxygen atoms in total. The lowest BCUT2D eigenvalue weighted by atomic mass is 10.3. The Morgan fingerprint density at radius 2 is 0.950 bits per heavy atom. The zero-order chi connectivity index (χ0) is 14.2. The quantitative estimate of drug-likeness (QED) is 0.817. The molecule has 102 valence electrons. The van der Waals surface area contributed by atoms with Crippen molar-refractivity contribution in [1.82, 2.24) is 0 Å². The summed E-state index contributed by atoms with van der Waals surface area (Å²) in [6.07, 6.45) is -2.91. The Labute approximate surface area is 116 Å². The van der Waals surface area contributed by atoms with E-state index in [0.29, 0.717) is 11.4 Å². The van der Waals surface area contributed by atoms with Gasteiger partial charge in [0, 0.05) is 0 Å². The van der Waals surface area contributed by atoms with Crippen LogP contribution in [0.1, 0.15) is 0 Å². The Morgan fingerprint density at radius 1 is 0.600 bits per heavy atom. The van der Waals surface area contributed by atoms with Gasteiger partial charge >= 0.3 is 0 Å². The van der Waals surface area contributed by atoms with Gasteiger partial charge in [-0.2, -0.15) is 20.5 Å². The van der Waals surface area contributed by atoms with Gasteiger partial charge in [0.15, 0.2) is 0 Å². The molecule has 0 aliphatic heterocycles. The maximum absolute atomic E-state index is 9.59. The van der Waals surface area contributed by atoms with Gasteiger partial charge in [-0.3, -0.25) is 0 Å². The average Bonchev–Trinajstić information content (AvgIpc) is 2.52. The van der Waals surface area contributed by atoms with Crippen LogP contribution >= 0.6 is 0 Å². The van der Waals surface area contributed by atoms with Crippen molar-refractivity contribution in [2.75, 3.05) is 0 Å². The molecule has 0 bridgehead atoms. The highest BCUT2D eigenvalue weighted by Crippen LogP contribution is 2.14. The number of hydrogen-bond acceptors (Lipinski definition) is 6. The zero-order valence-corrected chi connectivity index (χ0v) is 10.6. The first-order chi connectivity index (χ1) is 9.75. The van der Waals surface area contributed by atoms with Gasteiger partial charge in [0.25, 0.3) is 0 Å². The minimum Gasteiger partial charge on any atom is -0.367 e. The van der Waals surface area contributed by atoms with E-state index in [-0.39, 0.29) is 0 Å². The number of hydrogen-bond donors (Lipinski definition) is 2. The molecule has 0 fully saturated rings. The Kier molecular flexibility index (Phi) is 5.05. The van der Waals surface area contributed by atoms with Gasteiger partial charge < -0.3 is 10.2 Å². The van der Waals surface area contributed by atoms with E-state index in [1.54, 1.807) is 48.5 Å². The lowest BCUT2D eigenvalue weighted by molar-refractivity contribution is 0.0231. The molecule has 2 unspecified atom stereocenters. The van der Waals surface area contributed by atoms with Crippen molar-refractivity contribution in [2.45, 2.75) is 12.5 Å². The van der Waals surface area contributed by atoms with Crippen molar-refractivity contribution in [2.24, 2.45) is 20.5 Å². The molecule has 6 heteroatoms. The smallest absolute Gasteiger partial charge is 0.214 e. The molecule has 0 radical (unpaired) electrons. The molecule has 2 rings (SSSR count). The van der Waals surface area contributed by atoms with Crippen LogP contribution in [0.2, 0.25) is 0 Å². The highest BCUT2D eigenvalue weighted by molar-refractivity contribution is 5.35. The van der Waals surface area contributed by atoms with Crippen LogP contribution in [0.5, 0.6) is 0 Å².